The first kappa shape index (κ1) is 13.7. The topological polar surface area (TPSA) is 141 Å². The van der Waals surface area contributed by atoms with E-state index in [2.05, 4.69) is 14.7 Å². The van der Waals surface area contributed by atoms with Gasteiger partial charge in [-0.3, -0.25) is 14.8 Å². The van der Waals surface area contributed by atoms with Gasteiger partial charge in [0.2, 0.25) is 0 Å². The number of hydrogen-bond donors (Lipinski definition) is 2. The predicted octanol–water partition coefficient (Wildman–Crippen LogP) is 0.768. The molecule has 1 heterocycles. The van der Waals surface area contributed by atoms with Gasteiger partial charge < -0.3 is 5.73 Å². The summed E-state index contributed by atoms with van der Waals surface area (Å²) in [6, 6.07) is 3.23. The standard InChI is InChI=1S/C10H9N5O4S/c11-9-2-1-8(3-10(9)15(16)17)20(18,19)14-7-4-12-6-13-5-7/h1-6,14H,11H2. The Morgan fingerprint density at radius 3 is 2.50 bits per heavy atom. The molecular formula is C10H9N5O4S. The van der Waals surface area contributed by atoms with E-state index in [4.69, 9.17) is 5.73 Å². The summed E-state index contributed by atoms with van der Waals surface area (Å²) in [4.78, 5) is 17.0. The second kappa shape index (κ2) is 5.09. The summed E-state index contributed by atoms with van der Waals surface area (Å²) in [6.45, 7) is 0. The van der Waals surface area contributed by atoms with Gasteiger partial charge in [0.05, 0.1) is 27.9 Å². The molecule has 0 aliphatic carbocycles. The minimum absolute atomic E-state index is 0.114. The van der Waals surface area contributed by atoms with Gasteiger partial charge >= 0.3 is 0 Å². The number of benzene rings is 1. The number of aromatic nitrogens is 2. The number of nitro groups is 1. The quantitative estimate of drug-likeness (QED) is 0.482. The largest absolute Gasteiger partial charge is 0.393 e. The van der Waals surface area contributed by atoms with Crippen LogP contribution < -0.4 is 10.5 Å². The molecule has 0 spiro atoms. The highest BCUT2D eigenvalue weighted by atomic mass is 32.2. The zero-order valence-corrected chi connectivity index (χ0v) is 10.7. The molecule has 0 atom stereocenters. The van der Waals surface area contributed by atoms with E-state index in [1.807, 2.05) is 0 Å². The van der Waals surface area contributed by atoms with Crippen molar-refractivity contribution >= 4 is 27.1 Å². The molecule has 104 valence electrons. The normalized spacial score (nSPS) is 11.0. The first-order valence-electron chi connectivity index (χ1n) is 5.22. The molecule has 9 nitrogen and oxygen atoms in total. The van der Waals surface area contributed by atoms with Crippen molar-refractivity contribution in [1.82, 2.24) is 9.97 Å². The van der Waals surface area contributed by atoms with Crippen molar-refractivity contribution in [3.63, 3.8) is 0 Å². The molecule has 20 heavy (non-hydrogen) atoms. The Kier molecular flexibility index (Phi) is 3.48. The lowest BCUT2D eigenvalue weighted by atomic mass is 10.3. The maximum atomic E-state index is 12.1. The Hall–Kier alpha value is -2.75. The number of sulfonamides is 1. The Balaban J connectivity index is 2.40. The van der Waals surface area contributed by atoms with Crippen LogP contribution in [0.1, 0.15) is 0 Å². The van der Waals surface area contributed by atoms with Crippen LogP contribution in [0.2, 0.25) is 0 Å². The lowest BCUT2D eigenvalue weighted by molar-refractivity contribution is -0.384. The van der Waals surface area contributed by atoms with Crippen molar-refractivity contribution in [2.45, 2.75) is 4.90 Å². The van der Waals surface area contributed by atoms with Crippen LogP contribution in [0, 0.1) is 10.1 Å². The van der Waals surface area contributed by atoms with Crippen LogP contribution in [0.4, 0.5) is 17.1 Å². The second-order valence-electron chi connectivity index (χ2n) is 3.71. The van der Waals surface area contributed by atoms with Gasteiger partial charge in [-0.1, -0.05) is 0 Å². The zero-order chi connectivity index (χ0) is 14.8. The van der Waals surface area contributed by atoms with Crippen molar-refractivity contribution in [3.05, 3.63) is 47.0 Å². The molecule has 0 aliphatic rings. The number of rotatable bonds is 4. The van der Waals surface area contributed by atoms with Crippen molar-refractivity contribution in [2.24, 2.45) is 0 Å². The van der Waals surface area contributed by atoms with Crippen molar-refractivity contribution in [1.29, 1.82) is 0 Å². The number of nitrogens with zero attached hydrogens (tertiary/aromatic N) is 3. The number of anilines is 2. The zero-order valence-electron chi connectivity index (χ0n) is 9.92. The molecular weight excluding hydrogens is 286 g/mol. The van der Waals surface area contributed by atoms with E-state index in [9.17, 15) is 18.5 Å². The SMILES string of the molecule is Nc1ccc(S(=O)(=O)Nc2cncnc2)cc1[N+](=O)[O-]. The number of nitro benzene ring substituents is 1. The summed E-state index contributed by atoms with van der Waals surface area (Å²) in [5.41, 5.74) is 4.97. The van der Waals surface area contributed by atoms with Crippen LogP contribution in [0.25, 0.3) is 0 Å². The molecule has 0 fully saturated rings. The molecule has 2 rings (SSSR count). The van der Waals surface area contributed by atoms with E-state index in [1.165, 1.54) is 24.8 Å². The first-order valence-corrected chi connectivity index (χ1v) is 6.70. The van der Waals surface area contributed by atoms with Gasteiger partial charge in [0.15, 0.2) is 0 Å². The fourth-order valence-corrected chi connectivity index (χ4v) is 2.46. The molecule has 0 unspecified atom stereocenters. The summed E-state index contributed by atoms with van der Waals surface area (Å²) in [5, 5.41) is 10.7. The molecule has 1 aromatic carbocycles. The highest BCUT2D eigenvalue weighted by Gasteiger charge is 2.20. The van der Waals surface area contributed by atoms with Crippen LogP contribution in [0.5, 0.6) is 0 Å². The van der Waals surface area contributed by atoms with E-state index in [0.29, 0.717) is 0 Å². The van der Waals surface area contributed by atoms with E-state index in [1.54, 1.807) is 0 Å². The minimum atomic E-state index is -3.98. The summed E-state index contributed by atoms with van der Waals surface area (Å²) in [7, 11) is -3.98. The molecule has 1 aromatic heterocycles. The van der Waals surface area contributed by atoms with Gasteiger partial charge in [0.1, 0.15) is 12.0 Å². The van der Waals surface area contributed by atoms with Crippen molar-refractivity contribution in [2.75, 3.05) is 10.5 Å². The Morgan fingerprint density at radius 1 is 1.25 bits per heavy atom. The Labute approximate surface area is 113 Å². The Bertz CT molecular complexity index is 747. The monoisotopic (exact) mass is 295 g/mol. The van der Waals surface area contributed by atoms with Crippen molar-refractivity contribution in [3.8, 4) is 0 Å². The lowest BCUT2D eigenvalue weighted by Crippen LogP contribution is -2.13. The molecule has 0 bridgehead atoms. The molecule has 3 N–H and O–H groups in total. The van der Waals surface area contributed by atoms with Crippen LogP contribution >= 0.6 is 0 Å². The lowest BCUT2D eigenvalue weighted by Gasteiger charge is -2.07. The van der Waals surface area contributed by atoms with Crippen LogP contribution in [-0.4, -0.2) is 23.3 Å². The average Bonchev–Trinajstić information content (AvgIpc) is 2.39. The third kappa shape index (κ3) is 2.80. The molecule has 0 radical (unpaired) electrons. The average molecular weight is 295 g/mol. The van der Waals surface area contributed by atoms with Crippen LogP contribution in [0.15, 0.2) is 41.8 Å². The maximum Gasteiger partial charge on any atom is 0.293 e. The molecule has 0 saturated carbocycles. The van der Waals surface area contributed by atoms with E-state index in [-0.39, 0.29) is 16.3 Å². The van der Waals surface area contributed by atoms with Gasteiger partial charge in [-0.2, -0.15) is 0 Å². The van der Waals surface area contributed by atoms with Gasteiger partial charge in [0, 0.05) is 6.07 Å². The predicted molar refractivity (Wildman–Crippen MR) is 70.3 cm³/mol. The van der Waals surface area contributed by atoms with Gasteiger partial charge in [-0.25, -0.2) is 18.4 Å². The van der Waals surface area contributed by atoms with Crippen molar-refractivity contribution < 1.29 is 13.3 Å². The third-order valence-corrected chi connectivity index (χ3v) is 3.70. The molecule has 2 aromatic rings. The number of hydrogen-bond acceptors (Lipinski definition) is 7. The second-order valence-corrected chi connectivity index (χ2v) is 5.39. The summed E-state index contributed by atoms with van der Waals surface area (Å²) >= 11 is 0. The smallest absolute Gasteiger partial charge is 0.293 e. The fraction of sp³-hybridized carbons (Fsp3) is 0. The Morgan fingerprint density at radius 2 is 1.90 bits per heavy atom. The van der Waals surface area contributed by atoms with Gasteiger partial charge in [0.25, 0.3) is 15.7 Å². The molecule has 10 heteroatoms. The molecule has 0 amide bonds. The molecule has 0 aliphatic heterocycles. The molecule has 0 saturated heterocycles. The van der Waals surface area contributed by atoms with E-state index < -0.39 is 20.6 Å². The highest BCUT2D eigenvalue weighted by molar-refractivity contribution is 7.92. The number of nitrogens with two attached hydrogens (primary N) is 1. The van der Waals surface area contributed by atoms with Gasteiger partial charge in [-0.15, -0.1) is 0 Å². The highest BCUT2D eigenvalue weighted by Crippen LogP contribution is 2.25. The first-order chi connectivity index (χ1) is 9.40. The van der Waals surface area contributed by atoms with E-state index in [0.717, 1.165) is 12.1 Å². The summed E-state index contributed by atoms with van der Waals surface area (Å²) in [6.07, 6.45) is 3.76. The summed E-state index contributed by atoms with van der Waals surface area (Å²) < 4.78 is 26.3. The van der Waals surface area contributed by atoms with Gasteiger partial charge in [-0.05, 0) is 12.1 Å². The summed E-state index contributed by atoms with van der Waals surface area (Å²) in [5.74, 6) is 0. The van der Waals surface area contributed by atoms with E-state index >= 15 is 0 Å². The minimum Gasteiger partial charge on any atom is -0.393 e. The number of nitrogen functional groups attached to an aromatic ring is 1. The third-order valence-electron chi connectivity index (χ3n) is 2.32. The van der Waals surface area contributed by atoms with Crippen LogP contribution in [0.3, 0.4) is 0 Å². The maximum absolute atomic E-state index is 12.1. The van der Waals surface area contributed by atoms with Crippen LogP contribution in [-0.2, 0) is 10.0 Å². The number of nitrogens with one attached hydrogen (secondary N) is 1. The fourth-order valence-electron chi connectivity index (χ4n) is 1.41.